The number of amides is 1. The van der Waals surface area contributed by atoms with Gasteiger partial charge in [-0.3, -0.25) is 4.79 Å². The average molecular weight is 330 g/mol. The van der Waals surface area contributed by atoms with Gasteiger partial charge in [0.15, 0.2) is 0 Å². The minimum absolute atomic E-state index is 0.0300. The highest BCUT2D eigenvalue weighted by molar-refractivity contribution is 5.77. The van der Waals surface area contributed by atoms with Crippen LogP contribution in [-0.2, 0) is 4.79 Å². The topological polar surface area (TPSA) is 58.1 Å². The van der Waals surface area contributed by atoms with Crippen LogP contribution >= 0.6 is 0 Å². The summed E-state index contributed by atoms with van der Waals surface area (Å²) in [7, 11) is 0. The lowest BCUT2D eigenvalue weighted by Gasteiger charge is -2.25. The van der Waals surface area contributed by atoms with Gasteiger partial charge < -0.3 is 10.2 Å². The lowest BCUT2D eigenvalue weighted by Crippen LogP contribution is -2.30. The lowest BCUT2D eigenvalue weighted by molar-refractivity contribution is -0.122. The first-order valence-corrected chi connectivity index (χ1v) is 9.51. The minimum Gasteiger partial charge on any atom is -0.349 e. The number of nitrogens with one attached hydrogen (secondary N) is 1. The molecule has 1 atom stereocenters. The van der Waals surface area contributed by atoms with Crippen LogP contribution in [0.5, 0.6) is 0 Å². The molecule has 1 aromatic heterocycles. The van der Waals surface area contributed by atoms with Crippen LogP contribution in [0.25, 0.3) is 0 Å². The van der Waals surface area contributed by atoms with E-state index in [0.29, 0.717) is 12.3 Å². The van der Waals surface area contributed by atoms with Crippen molar-refractivity contribution < 1.29 is 4.79 Å². The molecule has 2 heterocycles. The summed E-state index contributed by atoms with van der Waals surface area (Å²) in [6, 6.07) is -0.0300. The SMILES string of the molecule is Cc1nc(N2CCCCCCC2)ncc1[C@H](C)NC(=O)CC1CC1. The quantitative estimate of drug-likeness (QED) is 0.897. The van der Waals surface area contributed by atoms with Gasteiger partial charge in [0, 0.05) is 37.0 Å². The van der Waals surface area contributed by atoms with Gasteiger partial charge in [0.2, 0.25) is 11.9 Å². The van der Waals surface area contributed by atoms with E-state index in [2.05, 4.69) is 15.2 Å². The Balaban J connectivity index is 1.63. The van der Waals surface area contributed by atoms with Crippen LogP contribution in [0.3, 0.4) is 0 Å². The number of aryl methyl sites for hydroxylation is 1. The lowest BCUT2D eigenvalue weighted by atomic mass is 10.1. The maximum Gasteiger partial charge on any atom is 0.225 e. The Hall–Kier alpha value is -1.65. The predicted octanol–water partition coefficient (Wildman–Crippen LogP) is 3.53. The molecule has 0 bridgehead atoms. The Morgan fingerprint density at radius 3 is 2.54 bits per heavy atom. The first kappa shape index (κ1) is 17.2. The van der Waals surface area contributed by atoms with Gasteiger partial charge in [-0.2, -0.15) is 0 Å². The molecule has 24 heavy (non-hydrogen) atoms. The van der Waals surface area contributed by atoms with Crippen LogP contribution in [0.15, 0.2) is 6.20 Å². The highest BCUT2D eigenvalue weighted by Gasteiger charge is 2.25. The maximum absolute atomic E-state index is 12.0. The maximum atomic E-state index is 12.0. The Kier molecular flexibility index (Phi) is 5.69. The molecule has 2 aliphatic rings. The fraction of sp³-hybridized carbons (Fsp3) is 0.737. The minimum atomic E-state index is -0.0300. The molecule has 5 nitrogen and oxygen atoms in total. The van der Waals surface area contributed by atoms with E-state index in [9.17, 15) is 4.79 Å². The van der Waals surface area contributed by atoms with Gasteiger partial charge in [0.1, 0.15) is 0 Å². The van der Waals surface area contributed by atoms with Crippen LogP contribution in [0.4, 0.5) is 5.95 Å². The first-order chi connectivity index (χ1) is 11.6. The number of carbonyl (C=O) groups is 1. The van der Waals surface area contributed by atoms with Crippen molar-refractivity contribution in [3.05, 3.63) is 17.5 Å². The zero-order valence-electron chi connectivity index (χ0n) is 15.1. The summed E-state index contributed by atoms with van der Waals surface area (Å²) >= 11 is 0. The van der Waals surface area contributed by atoms with E-state index < -0.39 is 0 Å². The van der Waals surface area contributed by atoms with Crippen molar-refractivity contribution in [2.45, 2.75) is 71.3 Å². The number of hydrogen-bond acceptors (Lipinski definition) is 4. The Morgan fingerprint density at radius 2 is 1.92 bits per heavy atom. The van der Waals surface area contributed by atoms with E-state index >= 15 is 0 Å². The van der Waals surface area contributed by atoms with E-state index in [1.165, 1.54) is 44.9 Å². The van der Waals surface area contributed by atoms with Crippen molar-refractivity contribution in [1.29, 1.82) is 0 Å². The molecule has 0 unspecified atom stereocenters. The normalized spacial score (nSPS) is 20.2. The fourth-order valence-corrected chi connectivity index (χ4v) is 3.45. The van der Waals surface area contributed by atoms with E-state index in [-0.39, 0.29) is 11.9 Å². The molecule has 1 saturated carbocycles. The Morgan fingerprint density at radius 1 is 1.25 bits per heavy atom. The second kappa shape index (κ2) is 7.95. The molecule has 132 valence electrons. The molecule has 0 radical (unpaired) electrons. The molecule has 1 aliphatic carbocycles. The van der Waals surface area contributed by atoms with Crippen molar-refractivity contribution in [3.63, 3.8) is 0 Å². The molecule has 1 N–H and O–H groups in total. The fourth-order valence-electron chi connectivity index (χ4n) is 3.45. The highest BCUT2D eigenvalue weighted by Crippen LogP contribution is 2.32. The van der Waals surface area contributed by atoms with Gasteiger partial charge in [-0.25, -0.2) is 9.97 Å². The highest BCUT2D eigenvalue weighted by atomic mass is 16.1. The zero-order valence-corrected chi connectivity index (χ0v) is 15.1. The summed E-state index contributed by atoms with van der Waals surface area (Å²) in [4.78, 5) is 23.7. The number of carbonyl (C=O) groups excluding carboxylic acids is 1. The first-order valence-electron chi connectivity index (χ1n) is 9.51. The summed E-state index contributed by atoms with van der Waals surface area (Å²) in [5.74, 6) is 1.61. The van der Waals surface area contributed by atoms with Crippen molar-refractivity contribution in [2.75, 3.05) is 18.0 Å². The smallest absolute Gasteiger partial charge is 0.225 e. The van der Waals surface area contributed by atoms with E-state index in [1.54, 1.807) is 0 Å². The standard InChI is InChI=1S/C19H30N4O/c1-14(21-18(24)12-16-8-9-16)17-13-20-19(22-15(17)2)23-10-6-4-3-5-7-11-23/h13-14,16H,3-12H2,1-2H3,(H,21,24)/t14-/m0/s1. The molecular formula is C19H30N4O. The summed E-state index contributed by atoms with van der Waals surface area (Å²) in [5.41, 5.74) is 2.00. The molecule has 0 aromatic carbocycles. The van der Waals surface area contributed by atoms with Gasteiger partial charge in [0.25, 0.3) is 0 Å². The summed E-state index contributed by atoms with van der Waals surface area (Å²) < 4.78 is 0. The third-order valence-electron chi connectivity index (χ3n) is 5.16. The second-order valence-electron chi connectivity index (χ2n) is 7.40. The molecule has 1 amide bonds. The summed E-state index contributed by atoms with van der Waals surface area (Å²) in [5, 5.41) is 3.09. The van der Waals surface area contributed by atoms with E-state index in [4.69, 9.17) is 4.98 Å². The number of anilines is 1. The van der Waals surface area contributed by atoms with Crippen LogP contribution in [0, 0.1) is 12.8 Å². The van der Waals surface area contributed by atoms with Crippen LogP contribution in [0.1, 0.15) is 75.6 Å². The van der Waals surface area contributed by atoms with Gasteiger partial charge in [-0.15, -0.1) is 0 Å². The molecule has 1 aromatic rings. The van der Waals surface area contributed by atoms with E-state index in [0.717, 1.165) is 30.3 Å². The Bertz CT molecular complexity index is 562. The van der Waals surface area contributed by atoms with Crippen LogP contribution in [-0.4, -0.2) is 29.0 Å². The molecular weight excluding hydrogens is 300 g/mol. The predicted molar refractivity (Wildman–Crippen MR) is 96.0 cm³/mol. The van der Waals surface area contributed by atoms with Crippen molar-refractivity contribution in [2.24, 2.45) is 5.92 Å². The molecule has 1 aliphatic heterocycles. The third kappa shape index (κ3) is 4.68. The van der Waals surface area contributed by atoms with Gasteiger partial charge in [-0.1, -0.05) is 19.3 Å². The average Bonchev–Trinajstić information content (AvgIpc) is 3.30. The van der Waals surface area contributed by atoms with Crippen molar-refractivity contribution in [3.8, 4) is 0 Å². The number of hydrogen-bond donors (Lipinski definition) is 1. The molecule has 1 saturated heterocycles. The summed E-state index contributed by atoms with van der Waals surface area (Å²) in [6.07, 6.45) is 11.4. The van der Waals surface area contributed by atoms with Crippen LogP contribution < -0.4 is 10.2 Å². The molecule has 0 spiro atoms. The number of rotatable bonds is 5. The van der Waals surface area contributed by atoms with Crippen molar-refractivity contribution >= 4 is 11.9 Å². The van der Waals surface area contributed by atoms with Crippen molar-refractivity contribution in [1.82, 2.24) is 15.3 Å². The van der Waals surface area contributed by atoms with Gasteiger partial charge >= 0.3 is 0 Å². The molecule has 5 heteroatoms. The largest absolute Gasteiger partial charge is 0.349 e. The second-order valence-corrected chi connectivity index (χ2v) is 7.40. The monoisotopic (exact) mass is 330 g/mol. The van der Waals surface area contributed by atoms with Gasteiger partial charge in [-0.05, 0) is 45.4 Å². The van der Waals surface area contributed by atoms with Crippen LogP contribution in [0.2, 0.25) is 0 Å². The number of nitrogens with zero attached hydrogens (tertiary/aromatic N) is 3. The zero-order chi connectivity index (χ0) is 16.9. The Labute approximate surface area is 145 Å². The van der Waals surface area contributed by atoms with E-state index in [1.807, 2.05) is 20.0 Å². The summed E-state index contributed by atoms with van der Waals surface area (Å²) in [6.45, 7) is 6.14. The molecule has 3 rings (SSSR count). The van der Waals surface area contributed by atoms with Gasteiger partial charge in [0.05, 0.1) is 6.04 Å². The molecule has 2 fully saturated rings. The third-order valence-corrected chi connectivity index (χ3v) is 5.16. The number of aromatic nitrogens is 2.